The zero-order valence-electron chi connectivity index (χ0n) is 47.9. The predicted molar refractivity (Wildman–Crippen MR) is 317 cm³/mol. The summed E-state index contributed by atoms with van der Waals surface area (Å²) in [5, 5.41) is 49.7. The number of halogens is 1. The summed E-state index contributed by atoms with van der Waals surface area (Å²) in [6.45, 7) is 22.1. The highest BCUT2D eigenvalue weighted by molar-refractivity contribution is 7.87. The molecule has 0 amide bonds. The van der Waals surface area contributed by atoms with Crippen molar-refractivity contribution >= 4 is 120 Å². The van der Waals surface area contributed by atoms with E-state index in [0.29, 0.717) is 17.5 Å². The SMILES string of the molecule is [C-]#[N+]c1cnn(-c2cc(S(=O)(=O)O)ccc2S(=O)(=O)O)c1N=Nc1c(C(C)(C)C)[nH]n2nc(C(C)CNc3nc(NCCS(=O)(=O)O)nc(NCC(C)c4nc5c(N=Nc6c(Cl)cnn6-c6cc(S(=O)(=O)O)ccc6S(=O)(=O)O)c(C(C)(C)C)[nH]n5n4)n3)nc12. The third-order valence-corrected chi connectivity index (χ3v) is 17.4. The van der Waals surface area contributed by atoms with Crippen LogP contribution in [0, 0.1) is 6.57 Å². The molecule has 0 spiro atoms. The zero-order chi connectivity index (χ0) is 66.0. The number of fused-ring (bicyclic) bond motifs is 2. The highest BCUT2D eigenvalue weighted by Gasteiger charge is 2.31. The van der Waals surface area contributed by atoms with Gasteiger partial charge in [0.05, 0.1) is 57.3 Å². The van der Waals surface area contributed by atoms with Gasteiger partial charge < -0.3 is 16.0 Å². The van der Waals surface area contributed by atoms with Gasteiger partial charge in [-0.25, -0.2) is 24.2 Å². The fourth-order valence-corrected chi connectivity index (χ4v) is 11.3. The maximum absolute atomic E-state index is 12.4. The van der Waals surface area contributed by atoms with E-state index in [4.69, 9.17) is 28.1 Å². The molecule has 44 heteroatoms. The van der Waals surface area contributed by atoms with Gasteiger partial charge in [0, 0.05) is 42.3 Å². The number of hydrogen-bond acceptors (Lipinski definition) is 26. The average Bonchev–Trinajstić information content (AvgIpc) is 1.55. The third-order valence-electron chi connectivity index (χ3n) is 12.9. The Bertz CT molecular complexity index is 5030. The molecule has 0 fully saturated rings. The lowest BCUT2D eigenvalue weighted by Crippen LogP contribution is -2.20. The molecule has 2 aromatic carbocycles. The van der Waals surface area contributed by atoms with Crippen LogP contribution in [0.2, 0.25) is 5.02 Å². The molecule has 0 radical (unpaired) electrons. The third kappa shape index (κ3) is 14.3. The lowest BCUT2D eigenvalue weighted by molar-refractivity contribution is 0.477. The molecule has 0 aliphatic heterocycles. The molecule has 0 saturated heterocycles. The van der Waals surface area contributed by atoms with Crippen LogP contribution in [0.25, 0.3) is 27.5 Å². The van der Waals surface area contributed by atoms with Crippen LogP contribution >= 0.6 is 11.6 Å². The number of azo groups is 2. The normalized spacial score (nSPS) is 13.9. The molecule has 9 rings (SSSR count). The van der Waals surface area contributed by atoms with E-state index in [2.05, 4.69) is 86.8 Å². The fourth-order valence-electron chi connectivity index (χ4n) is 8.44. The Morgan fingerprint density at radius 3 is 1.40 bits per heavy atom. The highest BCUT2D eigenvalue weighted by atomic mass is 35.5. The fraction of sp³-hybridized carbons (Fsp3) is 0.348. The minimum Gasteiger partial charge on any atom is -0.353 e. The Balaban J connectivity index is 0.973. The number of rotatable bonds is 22. The van der Waals surface area contributed by atoms with Crippen molar-refractivity contribution in [3.05, 3.63) is 88.3 Å². The van der Waals surface area contributed by atoms with E-state index < -0.39 is 116 Å². The lowest BCUT2D eigenvalue weighted by Gasteiger charge is -2.16. The summed E-state index contributed by atoms with van der Waals surface area (Å²) in [6, 6.07) is 4.42. The number of nitrogens with zero attached hydrogens (tertiary/aromatic N) is 18. The van der Waals surface area contributed by atoms with Gasteiger partial charge in [-0.3, -0.25) is 33.0 Å². The van der Waals surface area contributed by atoms with Gasteiger partial charge in [0.15, 0.2) is 34.7 Å². The first-order chi connectivity index (χ1) is 41.7. The summed E-state index contributed by atoms with van der Waals surface area (Å²) in [7, 11) is -24.3. The Morgan fingerprint density at radius 2 is 1.00 bits per heavy atom. The molecule has 0 saturated carbocycles. The topological polar surface area (TPSA) is 528 Å². The summed E-state index contributed by atoms with van der Waals surface area (Å²) in [5.74, 6) is -2.17. The summed E-state index contributed by atoms with van der Waals surface area (Å²) >= 11 is 6.46. The lowest BCUT2D eigenvalue weighted by atomic mass is 9.91. The smallest absolute Gasteiger partial charge is 0.296 e. The van der Waals surface area contributed by atoms with Crippen LogP contribution < -0.4 is 16.0 Å². The maximum atomic E-state index is 12.4. The van der Waals surface area contributed by atoms with E-state index >= 15 is 0 Å². The van der Waals surface area contributed by atoms with Crippen molar-refractivity contribution < 1.29 is 64.9 Å². The molecule has 0 aliphatic rings. The number of aromatic amines is 2. The summed E-state index contributed by atoms with van der Waals surface area (Å²) in [4.78, 5) is 23.0. The van der Waals surface area contributed by atoms with Crippen molar-refractivity contribution in [3.8, 4) is 11.4 Å². The summed E-state index contributed by atoms with van der Waals surface area (Å²) < 4.78 is 174. The largest absolute Gasteiger partial charge is 0.353 e. The second-order valence-electron chi connectivity index (χ2n) is 21.8. The van der Waals surface area contributed by atoms with Gasteiger partial charge in [-0.2, -0.15) is 76.5 Å². The molecule has 7 heterocycles. The molecule has 478 valence electrons. The van der Waals surface area contributed by atoms with Crippen molar-refractivity contribution in [2.45, 2.75) is 97.6 Å². The van der Waals surface area contributed by atoms with Gasteiger partial charge in [-0.15, -0.1) is 30.7 Å². The van der Waals surface area contributed by atoms with Crippen LogP contribution in [0.3, 0.4) is 0 Å². The standard InChI is InChI=1S/C46H52ClN23O15S5/c1-22(36-54-40-32(34(45(3,4)5)63-69(40)65-36)59-61-38-26(47)20-52-67(38)28-16-24(87(74,75)76)10-12-30(28)89(80,81)82)18-50-43-56-42(49-14-15-86(71,72)73)57-44(58-43)51-19-23(2)37-55-41-33(35(46(6,7)8)64-70(41)66-37)60-62-39-27(48-9)21-53-68(39)29-17-25(88(77,78)79)11-13-31(29)90(83,84)85/h10-13,16-17,20-23,63-64H,14-15,18-19H2,1-8H3,(H,71,72,73)(H,74,75,76)(H,77,78,79)(H,80,81,82)(H,83,84,85)(H3,49,50,51,56,57,58). The van der Waals surface area contributed by atoms with Crippen LogP contribution in [0.5, 0.6) is 0 Å². The van der Waals surface area contributed by atoms with Gasteiger partial charge in [0.25, 0.3) is 56.3 Å². The number of anilines is 3. The van der Waals surface area contributed by atoms with E-state index in [1.165, 1.54) is 9.26 Å². The Hall–Kier alpha value is -8.84. The van der Waals surface area contributed by atoms with Gasteiger partial charge in [0.1, 0.15) is 14.8 Å². The number of nitrogens with one attached hydrogen (secondary N) is 5. The minimum atomic E-state index is -5.06. The molecule has 9 aromatic rings. The molecule has 2 unspecified atom stereocenters. The molecule has 10 N–H and O–H groups in total. The van der Waals surface area contributed by atoms with Gasteiger partial charge >= 0.3 is 0 Å². The summed E-state index contributed by atoms with van der Waals surface area (Å²) in [6.07, 6.45) is 2.06. The van der Waals surface area contributed by atoms with Gasteiger partial charge in [-0.1, -0.05) is 67.0 Å². The molecular weight excluding hydrogens is 1310 g/mol. The van der Waals surface area contributed by atoms with E-state index in [0.717, 1.165) is 52.1 Å². The molecule has 7 aromatic heterocycles. The second-order valence-corrected chi connectivity index (χ2v) is 29.4. The highest BCUT2D eigenvalue weighted by Crippen LogP contribution is 2.41. The molecule has 0 bridgehead atoms. The Kier molecular flexibility index (Phi) is 17.4. The first kappa shape index (κ1) is 65.6. The number of benzene rings is 2. The Labute approximate surface area is 515 Å². The van der Waals surface area contributed by atoms with Crippen LogP contribution in [0.15, 0.2) is 88.8 Å². The van der Waals surface area contributed by atoms with E-state index in [1.54, 1.807) is 13.8 Å². The van der Waals surface area contributed by atoms with E-state index in [1.807, 2.05) is 41.5 Å². The zero-order valence-corrected chi connectivity index (χ0v) is 52.7. The molecular formula is C46H52ClN23O15S5. The van der Waals surface area contributed by atoms with Crippen molar-refractivity contribution in [2.24, 2.45) is 20.5 Å². The number of hydrogen-bond donors (Lipinski definition) is 10. The average molecular weight is 1360 g/mol. The molecule has 90 heavy (non-hydrogen) atoms. The monoisotopic (exact) mass is 1360 g/mol. The van der Waals surface area contributed by atoms with Gasteiger partial charge in [-0.05, 0) is 36.4 Å². The maximum Gasteiger partial charge on any atom is 0.296 e. The van der Waals surface area contributed by atoms with Crippen LogP contribution in [0.4, 0.5) is 46.5 Å². The molecule has 38 nitrogen and oxygen atoms in total. The quantitative estimate of drug-likeness (QED) is 0.0201. The Morgan fingerprint density at radius 1 is 0.589 bits per heavy atom. The van der Waals surface area contributed by atoms with Crippen molar-refractivity contribution in [3.63, 3.8) is 0 Å². The molecule has 0 aliphatic carbocycles. The second kappa shape index (κ2) is 23.8. The van der Waals surface area contributed by atoms with Crippen molar-refractivity contribution in [1.82, 2.24) is 74.1 Å². The van der Waals surface area contributed by atoms with Gasteiger partial charge in [0.2, 0.25) is 29.1 Å². The van der Waals surface area contributed by atoms with Crippen molar-refractivity contribution in [2.75, 3.05) is 41.3 Å². The van der Waals surface area contributed by atoms with Crippen molar-refractivity contribution in [1.29, 1.82) is 0 Å². The number of aromatic nitrogens is 15. The van der Waals surface area contributed by atoms with Crippen LogP contribution in [0.1, 0.15) is 90.3 Å². The van der Waals surface area contributed by atoms with E-state index in [-0.39, 0.29) is 88.3 Å². The molecule has 2 atom stereocenters. The van der Waals surface area contributed by atoms with Crippen LogP contribution in [-0.2, 0) is 61.4 Å². The first-order valence-corrected chi connectivity index (χ1v) is 33.6. The number of H-pyrrole nitrogens is 2. The minimum absolute atomic E-state index is 0.0235. The first-order valence-electron chi connectivity index (χ1n) is 25.8. The predicted octanol–water partition coefficient (Wildman–Crippen LogP) is 6.33. The van der Waals surface area contributed by atoms with Crippen LogP contribution in [-0.4, -0.2) is 164 Å². The summed E-state index contributed by atoms with van der Waals surface area (Å²) in [5.41, 5.74) is -1.31. The van der Waals surface area contributed by atoms with E-state index in [9.17, 15) is 64.9 Å².